The minimum atomic E-state index is -4.37. The maximum Gasteiger partial charge on any atom is 0.416 e. The van der Waals surface area contributed by atoms with Gasteiger partial charge in [-0.3, -0.25) is 4.98 Å². The first-order chi connectivity index (χ1) is 17.1. The average molecular weight is 489 g/mol. The molecule has 0 saturated heterocycles. The quantitative estimate of drug-likeness (QED) is 0.280. The average Bonchev–Trinajstić information content (AvgIpc) is 2.87. The van der Waals surface area contributed by atoms with Crippen molar-refractivity contribution in [2.45, 2.75) is 51.7 Å². The summed E-state index contributed by atoms with van der Waals surface area (Å²) in [6, 6.07) is 27.2. The predicted octanol–water partition coefficient (Wildman–Crippen LogP) is 9.22. The number of rotatable bonds is 7. The van der Waals surface area contributed by atoms with Crippen molar-refractivity contribution in [2.75, 3.05) is 5.32 Å². The second-order valence-corrected chi connectivity index (χ2v) is 9.63. The summed E-state index contributed by atoms with van der Waals surface area (Å²) in [6.07, 6.45) is -4.37. The highest BCUT2D eigenvalue weighted by Gasteiger charge is 2.30. The van der Waals surface area contributed by atoms with Gasteiger partial charge in [0.15, 0.2) is 0 Å². The van der Waals surface area contributed by atoms with E-state index in [1.54, 1.807) is 0 Å². The molecule has 1 atom stereocenters. The van der Waals surface area contributed by atoms with E-state index in [2.05, 4.69) is 63.3 Å². The summed E-state index contributed by atoms with van der Waals surface area (Å²) < 4.78 is 39.1. The summed E-state index contributed by atoms with van der Waals surface area (Å²) in [4.78, 5) is 4.91. The number of hydrogen-bond donors (Lipinski definition) is 1. The van der Waals surface area contributed by atoms with Gasteiger partial charge in [0.05, 0.1) is 23.0 Å². The molecule has 0 bridgehead atoms. The van der Waals surface area contributed by atoms with Crippen LogP contribution in [0.2, 0.25) is 0 Å². The van der Waals surface area contributed by atoms with E-state index in [1.807, 2.05) is 36.4 Å². The van der Waals surface area contributed by atoms with Gasteiger partial charge in [-0.1, -0.05) is 94.4 Å². The zero-order valence-corrected chi connectivity index (χ0v) is 21.0. The lowest BCUT2D eigenvalue weighted by Gasteiger charge is -2.27. The molecule has 4 aromatic rings. The van der Waals surface area contributed by atoms with E-state index in [-0.39, 0.29) is 6.04 Å². The maximum atomic E-state index is 13.0. The maximum absolute atomic E-state index is 13.0. The number of aromatic nitrogens is 1. The summed E-state index contributed by atoms with van der Waals surface area (Å²) in [7, 11) is 0. The van der Waals surface area contributed by atoms with E-state index in [9.17, 15) is 13.2 Å². The summed E-state index contributed by atoms with van der Waals surface area (Å²) in [6.45, 7) is 8.74. The first-order valence-electron chi connectivity index (χ1n) is 12.2. The third kappa shape index (κ3) is 5.62. The predicted molar refractivity (Wildman–Crippen MR) is 141 cm³/mol. The number of para-hydroxylation sites is 1. The van der Waals surface area contributed by atoms with E-state index in [0.717, 1.165) is 29.1 Å². The Hall–Kier alpha value is -3.60. The van der Waals surface area contributed by atoms with Crippen molar-refractivity contribution in [3.63, 3.8) is 0 Å². The molecule has 1 heterocycles. The lowest BCUT2D eigenvalue weighted by atomic mass is 9.91. The van der Waals surface area contributed by atoms with Gasteiger partial charge < -0.3 is 5.32 Å². The molecule has 3 aromatic carbocycles. The lowest BCUT2D eigenvalue weighted by Crippen LogP contribution is -2.17. The van der Waals surface area contributed by atoms with Gasteiger partial charge in [0.1, 0.15) is 0 Å². The van der Waals surface area contributed by atoms with Crippen LogP contribution in [0.1, 0.15) is 73.5 Å². The number of pyridine rings is 1. The third-order valence-electron chi connectivity index (χ3n) is 6.37. The van der Waals surface area contributed by atoms with Crippen molar-refractivity contribution < 1.29 is 13.2 Å². The van der Waals surface area contributed by atoms with Crippen molar-refractivity contribution in [2.24, 2.45) is 0 Å². The van der Waals surface area contributed by atoms with Gasteiger partial charge in [-0.2, -0.15) is 13.2 Å². The number of benzene rings is 3. The van der Waals surface area contributed by atoms with Crippen LogP contribution in [0.25, 0.3) is 11.3 Å². The van der Waals surface area contributed by atoms with Gasteiger partial charge in [-0.15, -0.1) is 0 Å². The molecule has 36 heavy (non-hydrogen) atoms. The zero-order valence-electron chi connectivity index (χ0n) is 21.0. The van der Waals surface area contributed by atoms with Crippen molar-refractivity contribution in [3.8, 4) is 11.3 Å². The Labute approximate surface area is 211 Å². The second-order valence-electron chi connectivity index (χ2n) is 9.63. The van der Waals surface area contributed by atoms with Gasteiger partial charge in [0.25, 0.3) is 0 Å². The highest BCUT2D eigenvalue weighted by atomic mass is 19.4. The molecule has 0 aliphatic carbocycles. The molecule has 0 aliphatic heterocycles. The Morgan fingerprint density at radius 2 is 1.25 bits per heavy atom. The van der Waals surface area contributed by atoms with Crippen LogP contribution < -0.4 is 5.32 Å². The topological polar surface area (TPSA) is 24.9 Å². The Kier molecular flexibility index (Phi) is 7.48. The molecule has 5 heteroatoms. The molecular weight excluding hydrogens is 457 g/mol. The van der Waals surface area contributed by atoms with E-state index < -0.39 is 11.7 Å². The lowest BCUT2D eigenvalue weighted by molar-refractivity contribution is -0.137. The van der Waals surface area contributed by atoms with Gasteiger partial charge in [-0.25, -0.2) is 0 Å². The van der Waals surface area contributed by atoms with Gasteiger partial charge in [0, 0.05) is 11.3 Å². The molecule has 0 radical (unpaired) electrons. The Morgan fingerprint density at radius 3 is 1.81 bits per heavy atom. The fourth-order valence-corrected chi connectivity index (χ4v) is 4.44. The van der Waals surface area contributed by atoms with Crippen LogP contribution in [0.4, 0.5) is 18.9 Å². The Bertz CT molecular complexity index is 1270. The molecule has 4 rings (SSSR count). The second kappa shape index (κ2) is 10.6. The van der Waals surface area contributed by atoms with Crippen molar-refractivity contribution >= 4 is 5.69 Å². The largest absolute Gasteiger partial charge is 0.416 e. The molecule has 0 amide bonds. The number of nitrogens with zero attached hydrogens (tertiary/aromatic N) is 1. The fourth-order valence-electron chi connectivity index (χ4n) is 4.44. The smallest absolute Gasteiger partial charge is 0.372 e. The van der Waals surface area contributed by atoms with Crippen LogP contribution in [0.3, 0.4) is 0 Å². The van der Waals surface area contributed by atoms with Gasteiger partial charge >= 0.3 is 6.18 Å². The monoisotopic (exact) mass is 488 g/mol. The molecule has 0 aliphatic rings. The molecule has 186 valence electrons. The summed E-state index contributed by atoms with van der Waals surface area (Å²) in [5.74, 6) is 0.656. The van der Waals surface area contributed by atoms with Crippen LogP contribution in [-0.4, -0.2) is 4.98 Å². The SMILES string of the molecule is CC(C)c1cccc(C(C)C)c1NC(c1ccccc1)c1cccc(-c2ccc(C(F)(F)F)cc2)n1. The van der Waals surface area contributed by atoms with Crippen LogP contribution in [0, 0.1) is 0 Å². The zero-order chi connectivity index (χ0) is 25.9. The summed E-state index contributed by atoms with van der Waals surface area (Å²) in [5.41, 5.74) is 6.04. The Balaban J connectivity index is 1.79. The number of nitrogens with one attached hydrogen (secondary N) is 1. The highest BCUT2D eigenvalue weighted by molar-refractivity contribution is 5.63. The highest BCUT2D eigenvalue weighted by Crippen LogP contribution is 2.37. The van der Waals surface area contributed by atoms with E-state index in [4.69, 9.17) is 4.98 Å². The normalized spacial score (nSPS) is 12.7. The van der Waals surface area contributed by atoms with Crippen LogP contribution in [0.15, 0.2) is 91.0 Å². The van der Waals surface area contributed by atoms with Crippen molar-refractivity contribution in [3.05, 3.63) is 119 Å². The molecule has 0 spiro atoms. The van der Waals surface area contributed by atoms with E-state index in [1.165, 1.54) is 23.3 Å². The van der Waals surface area contributed by atoms with Crippen molar-refractivity contribution in [1.82, 2.24) is 4.98 Å². The number of anilines is 1. The molecule has 0 fully saturated rings. The standard InChI is InChI=1S/C31H31F3N2/c1-20(2)25-12-8-13-26(21(3)4)30(25)36-29(23-10-6-5-7-11-23)28-15-9-14-27(35-28)22-16-18-24(19-17-22)31(32,33)34/h5-21,29,36H,1-4H3. The summed E-state index contributed by atoms with van der Waals surface area (Å²) in [5, 5.41) is 3.81. The first kappa shape index (κ1) is 25.5. The number of hydrogen-bond acceptors (Lipinski definition) is 2. The minimum Gasteiger partial charge on any atom is -0.372 e. The van der Waals surface area contributed by atoms with Gasteiger partial charge in [0.2, 0.25) is 0 Å². The number of halogens is 3. The fraction of sp³-hybridized carbons (Fsp3) is 0.258. The van der Waals surface area contributed by atoms with Crippen LogP contribution in [-0.2, 0) is 6.18 Å². The van der Waals surface area contributed by atoms with E-state index in [0.29, 0.717) is 23.1 Å². The summed E-state index contributed by atoms with van der Waals surface area (Å²) >= 11 is 0. The van der Waals surface area contributed by atoms with Crippen LogP contribution >= 0.6 is 0 Å². The molecular formula is C31H31F3N2. The van der Waals surface area contributed by atoms with E-state index >= 15 is 0 Å². The first-order valence-corrected chi connectivity index (χ1v) is 12.2. The molecule has 1 aromatic heterocycles. The molecule has 0 saturated carbocycles. The van der Waals surface area contributed by atoms with Crippen LogP contribution in [0.5, 0.6) is 0 Å². The third-order valence-corrected chi connectivity index (χ3v) is 6.37. The van der Waals surface area contributed by atoms with Gasteiger partial charge in [-0.05, 0) is 52.8 Å². The molecule has 2 nitrogen and oxygen atoms in total. The molecule has 1 N–H and O–H groups in total. The molecule has 1 unspecified atom stereocenters. The minimum absolute atomic E-state index is 0.238. The Morgan fingerprint density at radius 1 is 0.667 bits per heavy atom. The number of alkyl halides is 3. The van der Waals surface area contributed by atoms with Crippen molar-refractivity contribution in [1.29, 1.82) is 0 Å².